The number of fused-ring (bicyclic) bond motifs is 1. The van der Waals surface area contributed by atoms with Crippen molar-refractivity contribution in [2.75, 3.05) is 16.4 Å². The average molecular weight is 469 g/mol. The van der Waals surface area contributed by atoms with E-state index in [9.17, 15) is 13.2 Å². The Bertz CT molecular complexity index is 1100. The minimum atomic E-state index is -3.13. The maximum absolute atomic E-state index is 12.6. The van der Waals surface area contributed by atoms with Crippen molar-refractivity contribution in [3.63, 3.8) is 0 Å². The van der Waals surface area contributed by atoms with Gasteiger partial charge in [-0.1, -0.05) is 64.8 Å². The first kappa shape index (κ1) is 20.7. The van der Waals surface area contributed by atoms with E-state index >= 15 is 0 Å². The summed E-state index contributed by atoms with van der Waals surface area (Å²) in [6.07, 6.45) is 0.188. The third kappa shape index (κ3) is 4.48. The molecule has 29 heavy (non-hydrogen) atoms. The molecule has 2 saturated heterocycles. The molecule has 0 aromatic heterocycles. The van der Waals surface area contributed by atoms with Crippen LogP contribution in [0.3, 0.4) is 0 Å². The maximum Gasteiger partial charge on any atom is 0.252 e. The second kappa shape index (κ2) is 7.95. The summed E-state index contributed by atoms with van der Waals surface area (Å²) in [6.45, 7) is 1.99. The number of carbonyl (C=O) groups is 1. The molecule has 0 spiro atoms. The molecule has 2 unspecified atom stereocenters. The Hall–Kier alpha value is -1.54. The lowest BCUT2D eigenvalue weighted by Crippen LogP contribution is -2.37. The smallest absolute Gasteiger partial charge is 0.252 e. The van der Waals surface area contributed by atoms with Gasteiger partial charge in [-0.2, -0.15) is 4.99 Å². The molecule has 2 fully saturated rings. The number of sulfone groups is 1. The molecule has 0 saturated carbocycles. The van der Waals surface area contributed by atoms with Crippen molar-refractivity contribution in [1.82, 2.24) is 0 Å². The number of hydrogen-bond donors (Lipinski definition) is 0. The molecule has 2 heterocycles. The summed E-state index contributed by atoms with van der Waals surface area (Å²) in [5.74, 6) is -0.175. The molecule has 2 aliphatic rings. The number of carbonyl (C=O) groups excluding carboxylic acids is 1. The molecule has 0 aliphatic carbocycles. The van der Waals surface area contributed by atoms with Crippen LogP contribution < -0.4 is 4.90 Å². The number of nitrogens with zero attached hydrogens (tertiary/aromatic N) is 2. The highest BCUT2D eigenvalue weighted by Crippen LogP contribution is 2.42. The Morgan fingerprint density at radius 3 is 2.55 bits per heavy atom. The Labute approximate surface area is 184 Å². The molecule has 2 atom stereocenters. The Morgan fingerprint density at radius 1 is 1.14 bits per heavy atom. The fourth-order valence-corrected chi connectivity index (χ4v) is 7.75. The summed E-state index contributed by atoms with van der Waals surface area (Å²) in [5, 5.41) is 1.11. The first-order valence-electron chi connectivity index (χ1n) is 9.00. The Kier molecular flexibility index (Phi) is 5.68. The molecule has 1 amide bonds. The van der Waals surface area contributed by atoms with Crippen LogP contribution in [0, 0.1) is 6.92 Å². The highest BCUT2D eigenvalue weighted by atomic mass is 35.5. The van der Waals surface area contributed by atoms with Crippen molar-refractivity contribution in [2.24, 2.45) is 4.99 Å². The molecular formula is C20H18Cl2N2O3S2. The number of hydrogen-bond acceptors (Lipinski definition) is 4. The molecule has 0 bridgehead atoms. The van der Waals surface area contributed by atoms with Crippen molar-refractivity contribution in [3.05, 3.63) is 63.6 Å². The van der Waals surface area contributed by atoms with Crippen LogP contribution in [0.15, 0.2) is 47.5 Å². The largest absolute Gasteiger partial charge is 0.316 e. The standard InChI is InChI=1S/C20H18Cl2N2O3S2/c1-12-2-4-13(5-3-12)8-19(25)23-20-24(14-6-7-15(21)16(22)9-14)17-10-29(26,27)11-18(17)28-20/h2-7,9,17-18H,8,10-11H2,1H3. The van der Waals surface area contributed by atoms with Crippen molar-refractivity contribution in [3.8, 4) is 0 Å². The van der Waals surface area contributed by atoms with E-state index in [4.69, 9.17) is 23.2 Å². The van der Waals surface area contributed by atoms with Crippen LogP contribution in [0.1, 0.15) is 11.1 Å². The molecule has 9 heteroatoms. The fourth-order valence-electron chi connectivity index (χ4n) is 3.53. The summed E-state index contributed by atoms with van der Waals surface area (Å²) in [6, 6.07) is 12.6. The Morgan fingerprint density at radius 2 is 1.86 bits per heavy atom. The first-order valence-corrected chi connectivity index (χ1v) is 12.5. The third-order valence-electron chi connectivity index (χ3n) is 4.94. The van der Waals surface area contributed by atoms with Crippen LogP contribution in [-0.2, 0) is 21.1 Å². The van der Waals surface area contributed by atoms with Gasteiger partial charge in [-0.15, -0.1) is 0 Å². The van der Waals surface area contributed by atoms with Gasteiger partial charge in [-0.05, 0) is 30.7 Å². The van der Waals surface area contributed by atoms with Crippen molar-refractivity contribution in [1.29, 1.82) is 0 Å². The van der Waals surface area contributed by atoms with E-state index in [1.54, 1.807) is 18.2 Å². The van der Waals surface area contributed by atoms with Gasteiger partial charge < -0.3 is 4.90 Å². The molecule has 2 aromatic rings. The second-order valence-electron chi connectivity index (χ2n) is 7.22. The van der Waals surface area contributed by atoms with E-state index in [0.29, 0.717) is 20.9 Å². The lowest BCUT2D eigenvalue weighted by Gasteiger charge is -2.24. The molecular weight excluding hydrogens is 451 g/mol. The molecule has 2 aliphatic heterocycles. The number of anilines is 1. The fraction of sp³-hybridized carbons (Fsp3) is 0.300. The van der Waals surface area contributed by atoms with E-state index in [0.717, 1.165) is 11.1 Å². The Balaban J connectivity index is 1.65. The van der Waals surface area contributed by atoms with Gasteiger partial charge in [0.1, 0.15) is 0 Å². The average Bonchev–Trinajstić information content (AvgIpc) is 3.10. The molecule has 5 nitrogen and oxygen atoms in total. The molecule has 0 radical (unpaired) electrons. The second-order valence-corrected chi connectivity index (χ2v) is 11.4. The maximum atomic E-state index is 12.6. The van der Waals surface area contributed by atoms with Gasteiger partial charge >= 0.3 is 0 Å². The van der Waals surface area contributed by atoms with Crippen molar-refractivity contribution >= 4 is 61.6 Å². The molecule has 152 valence electrons. The lowest BCUT2D eigenvalue weighted by atomic mass is 10.1. The van der Waals surface area contributed by atoms with Crippen molar-refractivity contribution < 1.29 is 13.2 Å². The van der Waals surface area contributed by atoms with Gasteiger partial charge in [0.15, 0.2) is 15.0 Å². The number of amidine groups is 1. The van der Waals surface area contributed by atoms with E-state index in [1.165, 1.54) is 11.8 Å². The predicted octanol–water partition coefficient (Wildman–Crippen LogP) is 4.15. The van der Waals surface area contributed by atoms with E-state index in [1.807, 2.05) is 36.1 Å². The number of rotatable bonds is 3. The third-order valence-corrected chi connectivity index (χ3v) is 8.89. The van der Waals surface area contributed by atoms with Gasteiger partial charge in [0, 0.05) is 10.9 Å². The molecule has 2 aromatic carbocycles. The van der Waals surface area contributed by atoms with Crippen LogP contribution >= 0.6 is 35.0 Å². The number of aliphatic imine (C=N–C) groups is 1. The highest BCUT2D eigenvalue weighted by molar-refractivity contribution is 8.16. The van der Waals surface area contributed by atoms with Gasteiger partial charge in [-0.3, -0.25) is 4.79 Å². The lowest BCUT2D eigenvalue weighted by molar-refractivity contribution is -0.117. The van der Waals surface area contributed by atoms with Crippen LogP contribution in [0.2, 0.25) is 10.0 Å². The normalized spacial score (nSPS) is 24.1. The van der Waals surface area contributed by atoms with Crippen LogP contribution in [0.25, 0.3) is 0 Å². The quantitative estimate of drug-likeness (QED) is 0.676. The summed E-state index contributed by atoms with van der Waals surface area (Å²) < 4.78 is 24.3. The van der Waals surface area contributed by atoms with Gasteiger partial charge in [0.05, 0.1) is 34.0 Å². The van der Waals surface area contributed by atoms with Crippen molar-refractivity contribution in [2.45, 2.75) is 24.6 Å². The number of benzene rings is 2. The molecule has 4 rings (SSSR count). The first-order chi connectivity index (χ1) is 13.7. The number of aryl methyl sites for hydroxylation is 1. The zero-order chi connectivity index (χ0) is 20.8. The minimum Gasteiger partial charge on any atom is -0.316 e. The number of thioether (sulfide) groups is 1. The minimum absolute atomic E-state index is 0.0239. The zero-order valence-electron chi connectivity index (χ0n) is 15.5. The highest BCUT2D eigenvalue weighted by Gasteiger charge is 2.49. The summed E-state index contributed by atoms with van der Waals surface area (Å²) >= 11 is 13.5. The monoisotopic (exact) mass is 468 g/mol. The number of amides is 1. The van der Waals surface area contributed by atoms with Gasteiger partial charge in [0.2, 0.25) is 0 Å². The topological polar surface area (TPSA) is 66.8 Å². The van der Waals surface area contributed by atoms with Crippen LogP contribution in [-0.4, -0.2) is 42.3 Å². The van der Waals surface area contributed by atoms with Crippen LogP contribution in [0.4, 0.5) is 5.69 Å². The summed E-state index contributed by atoms with van der Waals surface area (Å²) in [4.78, 5) is 18.7. The zero-order valence-corrected chi connectivity index (χ0v) is 18.7. The van der Waals surface area contributed by atoms with E-state index in [-0.39, 0.29) is 35.1 Å². The van der Waals surface area contributed by atoms with Crippen LogP contribution in [0.5, 0.6) is 0 Å². The predicted molar refractivity (Wildman–Crippen MR) is 120 cm³/mol. The summed E-state index contributed by atoms with van der Waals surface area (Å²) in [5.41, 5.74) is 2.69. The number of halogens is 2. The van der Waals surface area contributed by atoms with E-state index in [2.05, 4.69) is 4.99 Å². The van der Waals surface area contributed by atoms with Gasteiger partial charge in [-0.25, -0.2) is 8.42 Å². The van der Waals surface area contributed by atoms with E-state index < -0.39 is 9.84 Å². The molecule has 0 N–H and O–H groups in total. The SMILES string of the molecule is Cc1ccc(CC(=O)N=C2SC3CS(=O)(=O)CC3N2c2ccc(Cl)c(Cl)c2)cc1. The van der Waals surface area contributed by atoms with Gasteiger partial charge in [0.25, 0.3) is 5.91 Å². The summed E-state index contributed by atoms with van der Waals surface area (Å²) in [7, 11) is -3.13.